The van der Waals surface area contributed by atoms with Crippen molar-refractivity contribution in [1.29, 1.82) is 0 Å². The number of carbonyl (C=O) groups excluding carboxylic acids is 1. The molecule has 2 N–H and O–H groups in total. The molecule has 0 radical (unpaired) electrons. The van der Waals surface area contributed by atoms with Crippen LogP contribution in [-0.2, 0) is 21.4 Å². The van der Waals surface area contributed by atoms with Crippen LogP contribution in [0.5, 0.6) is 0 Å². The van der Waals surface area contributed by atoms with E-state index in [4.69, 9.17) is 4.99 Å². The number of carbonyl (C=O) groups is 1. The molecule has 38 heavy (non-hydrogen) atoms. The zero-order valence-corrected chi connectivity index (χ0v) is 22.7. The lowest BCUT2D eigenvalue weighted by Crippen LogP contribution is -2.32. The maximum Gasteiger partial charge on any atom is 0.238 e. The van der Waals surface area contributed by atoms with E-state index in [1.807, 2.05) is 42.5 Å². The summed E-state index contributed by atoms with van der Waals surface area (Å²) in [4.78, 5) is 20.7. The zero-order chi connectivity index (χ0) is 26.7. The second-order valence-electron chi connectivity index (χ2n) is 10.2. The molecule has 0 bridgehead atoms. The molecule has 8 heteroatoms. The third-order valence-corrected chi connectivity index (χ3v) is 8.65. The van der Waals surface area contributed by atoms with Crippen LogP contribution in [0.2, 0.25) is 0 Å². The lowest BCUT2D eigenvalue weighted by Gasteiger charge is -2.30. The van der Waals surface area contributed by atoms with E-state index in [1.165, 1.54) is 18.4 Å². The lowest BCUT2D eigenvalue weighted by atomic mass is 9.90. The molecular weight excluding hydrogens is 496 g/mol. The first-order chi connectivity index (χ1) is 18.3. The third-order valence-electron chi connectivity index (χ3n) is 7.35. The van der Waals surface area contributed by atoms with Gasteiger partial charge in [0.1, 0.15) is 5.92 Å². The van der Waals surface area contributed by atoms with Crippen molar-refractivity contribution >= 4 is 38.7 Å². The van der Waals surface area contributed by atoms with Gasteiger partial charge in [0.15, 0.2) is 0 Å². The number of hydrogen-bond donors (Lipinski definition) is 2. The smallest absolute Gasteiger partial charge is 0.238 e. The summed E-state index contributed by atoms with van der Waals surface area (Å²) in [6.07, 6.45) is 2.49. The predicted molar refractivity (Wildman–Crippen MR) is 154 cm³/mol. The first-order valence-electron chi connectivity index (χ1n) is 13.2. The maximum absolute atomic E-state index is 13.3. The molecule has 1 unspecified atom stereocenters. The number of aliphatic imine (C=N–C) groups is 1. The predicted octanol–water partition coefficient (Wildman–Crippen LogP) is 5.54. The summed E-state index contributed by atoms with van der Waals surface area (Å²) in [5, 5.41) is 2.94. The van der Waals surface area contributed by atoms with Crippen LogP contribution in [-0.4, -0.2) is 43.8 Å². The molecular formula is C30H34N4O3S. The van der Waals surface area contributed by atoms with Crippen molar-refractivity contribution in [3.05, 3.63) is 89.5 Å². The van der Waals surface area contributed by atoms with Crippen molar-refractivity contribution < 1.29 is 13.2 Å². The molecule has 1 saturated heterocycles. The van der Waals surface area contributed by atoms with Gasteiger partial charge in [-0.15, -0.1) is 0 Å². The molecule has 2 heterocycles. The third kappa shape index (κ3) is 5.97. The maximum atomic E-state index is 13.3. The zero-order valence-electron chi connectivity index (χ0n) is 21.9. The number of nitrogens with zero attached hydrogens (tertiary/aromatic N) is 2. The Morgan fingerprint density at radius 3 is 2.42 bits per heavy atom. The minimum atomic E-state index is -3.45. The van der Waals surface area contributed by atoms with Gasteiger partial charge in [-0.05, 0) is 85.8 Å². The van der Waals surface area contributed by atoms with Crippen molar-refractivity contribution in [3.8, 4) is 0 Å². The van der Waals surface area contributed by atoms with Crippen LogP contribution in [0.1, 0.15) is 49.3 Å². The molecule has 7 nitrogen and oxygen atoms in total. The van der Waals surface area contributed by atoms with E-state index < -0.39 is 15.9 Å². The molecule has 1 amide bonds. The first kappa shape index (κ1) is 26.1. The highest BCUT2D eigenvalue weighted by Crippen LogP contribution is 2.38. The number of fused-ring (bicyclic) bond motifs is 1. The molecule has 2 aliphatic rings. The van der Waals surface area contributed by atoms with Gasteiger partial charge < -0.3 is 5.32 Å². The Morgan fingerprint density at radius 2 is 1.74 bits per heavy atom. The van der Waals surface area contributed by atoms with Crippen LogP contribution < -0.4 is 10.0 Å². The Morgan fingerprint density at radius 1 is 1.03 bits per heavy atom. The SMILES string of the molecule is CCS(=O)(=O)Nc1ccc2c(c1)C(C(=Nc1ccc(CN3CCC(C)CC3)cc1)c1ccccc1)C(=O)N2. The standard InChI is InChI=1S/C30H34N4O3S/c1-3-38(36,37)33-25-13-14-27-26(19-25)28(30(35)32-27)29(23-7-5-4-6-8-23)31-24-11-9-22(10-12-24)20-34-17-15-21(2)16-18-34/h4-14,19,21,28,33H,3,15-18,20H2,1-2H3,(H,32,35). The van der Waals surface area contributed by atoms with Crippen molar-refractivity contribution in [2.75, 3.05) is 28.9 Å². The van der Waals surface area contributed by atoms with Gasteiger partial charge in [0.25, 0.3) is 0 Å². The van der Waals surface area contributed by atoms with Crippen LogP contribution >= 0.6 is 0 Å². The van der Waals surface area contributed by atoms with E-state index in [0.717, 1.165) is 36.8 Å². The topological polar surface area (TPSA) is 90.9 Å². The fourth-order valence-corrected chi connectivity index (χ4v) is 5.68. The number of benzene rings is 3. The van der Waals surface area contributed by atoms with Gasteiger partial charge in [-0.2, -0.15) is 0 Å². The van der Waals surface area contributed by atoms with E-state index in [0.29, 0.717) is 22.6 Å². The van der Waals surface area contributed by atoms with Gasteiger partial charge in [0, 0.05) is 17.9 Å². The largest absolute Gasteiger partial charge is 0.325 e. The van der Waals surface area contributed by atoms with Crippen LogP contribution in [0.4, 0.5) is 17.1 Å². The first-order valence-corrected chi connectivity index (χ1v) is 14.9. The van der Waals surface area contributed by atoms with Crippen molar-refractivity contribution in [3.63, 3.8) is 0 Å². The Hall–Kier alpha value is -3.49. The quantitative estimate of drug-likeness (QED) is 0.374. The van der Waals surface area contributed by atoms with Crippen LogP contribution in [0, 0.1) is 5.92 Å². The Labute approximate surface area is 225 Å². The molecule has 0 saturated carbocycles. The monoisotopic (exact) mass is 530 g/mol. The van der Waals surface area contributed by atoms with E-state index in [2.05, 4.69) is 34.0 Å². The summed E-state index contributed by atoms with van der Waals surface area (Å²) in [6.45, 7) is 7.10. The van der Waals surface area contributed by atoms with Gasteiger partial charge >= 0.3 is 0 Å². The van der Waals surface area contributed by atoms with Gasteiger partial charge in [0.2, 0.25) is 15.9 Å². The number of rotatable bonds is 8. The minimum absolute atomic E-state index is 0.0334. The average molecular weight is 531 g/mol. The van der Waals surface area contributed by atoms with Gasteiger partial charge in [0.05, 0.1) is 17.2 Å². The molecule has 3 aromatic carbocycles. The fourth-order valence-electron chi connectivity index (χ4n) is 5.05. The van der Waals surface area contributed by atoms with Gasteiger partial charge in [-0.3, -0.25) is 19.4 Å². The van der Waals surface area contributed by atoms with E-state index >= 15 is 0 Å². The Kier molecular flexibility index (Phi) is 7.63. The number of amides is 1. The Balaban J connectivity index is 1.47. The minimum Gasteiger partial charge on any atom is -0.325 e. The van der Waals surface area contributed by atoms with Gasteiger partial charge in [-0.1, -0.05) is 49.4 Å². The summed E-state index contributed by atoms with van der Waals surface area (Å²) in [7, 11) is -3.45. The van der Waals surface area contributed by atoms with Crippen LogP contribution in [0.15, 0.2) is 77.8 Å². The molecule has 0 spiro atoms. The molecule has 3 aromatic rings. The Bertz CT molecular complexity index is 1430. The highest BCUT2D eigenvalue weighted by Gasteiger charge is 2.36. The summed E-state index contributed by atoms with van der Waals surface area (Å²) in [5.41, 5.74) is 5.26. The number of hydrogen-bond acceptors (Lipinski definition) is 5. The van der Waals surface area contributed by atoms with Gasteiger partial charge in [-0.25, -0.2) is 8.42 Å². The second kappa shape index (κ2) is 11.1. The van der Waals surface area contributed by atoms with Crippen LogP contribution in [0.3, 0.4) is 0 Å². The van der Waals surface area contributed by atoms with Crippen molar-refractivity contribution in [2.24, 2.45) is 10.9 Å². The highest BCUT2D eigenvalue weighted by atomic mass is 32.2. The normalized spacial score (nSPS) is 18.7. The van der Waals surface area contributed by atoms with Crippen molar-refractivity contribution in [1.82, 2.24) is 4.90 Å². The summed E-state index contributed by atoms with van der Waals surface area (Å²) in [6, 6.07) is 23.0. The molecule has 1 atom stereocenters. The molecule has 5 rings (SSSR count). The molecule has 2 aliphatic heterocycles. The number of likely N-dealkylation sites (tertiary alicyclic amines) is 1. The molecule has 1 fully saturated rings. The van der Waals surface area contributed by atoms with Crippen LogP contribution in [0.25, 0.3) is 0 Å². The summed E-state index contributed by atoms with van der Waals surface area (Å²) < 4.78 is 26.9. The fraction of sp³-hybridized carbons (Fsp3) is 0.333. The lowest BCUT2D eigenvalue weighted by molar-refractivity contribution is -0.115. The molecule has 198 valence electrons. The molecule has 0 aliphatic carbocycles. The number of anilines is 2. The second-order valence-corrected chi connectivity index (χ2v) is 12.2. The summed E-state index contributed by atoms with van der Waals surface area (Å²) >= 11 is 0. The van der Waals surface area contributed by atoms with E-state index in [9.17, 15) is 13.2 Å². The highest BCUT2D eigenvalue weighted by molar-refractivity contribution is 7.92. The number of nitrogens with one attached hydrogen (secondary N) is 2. The number of sulfonamides is 1. The average Bonchev–Trinajstić information content (AvgIpc) is 3.24. The molecule has 0 aromatic heterocycles. The summed E-state index contributed by atoms with van der Waals surface area (Å²) in [5.74, 6) is -0.0865. The van der Waals surface area contributed by atoms with E-state index in [-0.39, 0.29) is 11.7 Å². The number of piperidine rings is 1. The van der Waals surface area contributed by atoms with E-state index in [1.54, 1.807) is 25.1 Å². The van der Waals surface area contributed by atoms with Crippen molar-refractivity contribution in [2.45, 2.75) is 39.2 Å².